The Hall–Kier alpha value is -1.07. The van der Waals surface area contributed by atoms with Gasteiger partial charge in [0.1, 0.15) is 6.10 Å². The molecule has 0 radical (unpaired) electrons. The Morgan fingerprint density at radius 3 is 2.25 bits per heavy atom. The van der Waals surface area contributed by atoms with Crippen LogP contribution in [-0.2, 0) is 4.74 Å². The largest absolute Gasteiger partial charge is 0.446 e. The number of aliphatic hydroxyl groups excluding tert-OH is 1. The van der Waals surface area contributed by atoms with Crippen LogP contribution in [0.2, 0.25) is 0 Å². The molecule has 0 aliphatic heterocycles. The summed E-state index contributed by atoms with van der Waals surface area (Å²) in [4.78, 5) is 12.9. The van der Waals surface area contributed by atoms with E-state index >= 15 is 0 Å². The van der Waals surface area contributed by atoms with Crippen molar-refractivity contribution in [2.75, 3.05) is 40.3 Å². The molecule has 5 heteroatoms. The van der Waals surface area contributed by atoms with E-state index in [0.29, 0.717) is 24.0 Å². The molecule has 5 nitrogen and oxygen atoms in total. The first-order valence-corrected chi connectivity index (χ1v) is 21.0. The molecular weight excluding hydrogens is 592 g/mol. The van der Waals surface area contributed by atoms with Crippen LogP contribution in [0.3, 0.4) is 0 Å². The number of hydrogen-bond donors (Lipinski definition) is 2. The van der Waals surface area contributed by atoms with Crippen molar-refractivity contribution >= 4 is 6.09 Å². The van der Waals surface area contributed by atoms with Crippen molar-refractivity contribution < 1.29 is 19.1 Å². The molecule has 0 spiro atoms. The van der Waals surface area contributed by atoms with Crippen LogP contribution in [0.4, 0.5) is 4.79 Å². The monoisotopic (exact) mass is 672 g/mol. The Bertz CT molecular complexity index is 1010. The Balaban J connectivity index is 1.16. The number of carbonyl (C=O) groups excluding carboxylic acids is 1. The lowest BCUT2D eigenvalue weighted by Crippen LogP contribution is -2.51. The van der Waals surface area contributed by atoms with Gasteiger partial charge in [0, 0.05) is 13.0 Å². The van der Waals surface area contributed by atoms with Crippen molar-refractivity contribution in [3.8, 4) is 0 Å². The molecule has 0 aromatic rings. The molecule has 1 amide bonds. The van der Waals surface area contributed by atoms with Crippen molar-refractivity contribution in [3.05, 3.63) is 11.6 Å². The quantitative estimate of drug-likeness (QED) is 0.0769. The van der Waals surface area contributed by atoms with E-state index < -0.39 is 0 Å². The van der Waals surface area contributed by atoms with Gasteiger partial charge in [-0.25, -0.2) is 4.79 Å². The molecule has 4 aliphatic carbocycles. The average molecular weight is 672 g/mol. The van der Waals surface area contributed by atoms with E-state index in [0.717, 1.165) is 72.3 Å². The minimum Gasteiger partial charge on any atom is -0.446 e. The molecule has 4 aliphatic rings. The van der Waals surface area contributed by atoms with Crippen LogP contribution in [0.25, 0.3) is 0 Å². The SMILES string of the molecule is CC(C)CCC[C@@H](C)[C@H]1CC[C@H]2[C@@H]3CC=C4C[C@@H](OC(=O)NCC[N+](C)(C)CCCCCCCCCCCO)CC[C@]4(C)[C@H]3CC[C@]12C. The number of hydrogen-bond acceptors (Lipinski definition) is 3. The maximum absolute atomic E-state index is 12.9. The maximum Gasteiger partial charge on any atom is 0.407 e. The number of fused-ring (bicyclic) bond motifs is 5. The number of rotatable bonds is 20. The van der Waals surface area contributed by atoms with Gasteiger partial charge in [-0.3, -0.25) is 0 Å². The van der Waals surface area contributed by atoms with Crippen molar-refractivity contribution in [1.29, 1.82) is 0 Å². The highest BCUT2D eigenvalue weighted by Gasteiger charge is 2.59. The van der Waals surface area contributed by atoms with Gasteiger partial charge in [-0.05, 0) is 111 Å². The van der Waals surface area contributed by atoms with Gasteiger partial charge in [-0.15, -0.1) is 0 Å². The number of likely N-dealkylation sites (N-methyl/N-ethyl adjacent to an activating group) is 1. The molecule has 4 rings (SSSR count). The molecule has 3 saturated carbocycles. The van der Waals surface area contributed by atoms with E-state index in [2.05, 4.69) is 60.1 Å². The summed E-state index contributed by atoms with van der Waals surface area (Å²) in [6.45, 7) is 15.7. The summed E-state index contributed by atoms with van der Waals surface area (Å²) >= 11 is 0. The third-order valence-electron chi connectivity index (χ3n) is 14.4. The van der Waals surface area contributed by atoms with Crippen LogP contribution in [-0.4, -0.2) is 62.1 Å². The van der Waals surface area contributed by atoms with Gasteiger partial charge in [0.15, 0.2) is 0 Å². The lowest BCUT2D eigenvalue weighted by Gasteiger charge is -2.58. The molecular formula is C43H79N2O3+. The Kier molecular flexibility index (Phi) is 15.2. The summed E-state index contributed by atoms with van der Waals surface area (Å²) in [5.74, 6) is 5.15. The summed E-state index contributed by atoms with van der Waals surface area (Å²) in [5, 5.41) is 12.0. The number of nitrogens with zero attached hydrogens (tertiary/aromatic N) is 1. The number of alkyl carbamates (subject to hydrolysis) is 1. The number of unbranched alkanes of at least 4 members (excludes halogenated alkanes) is 8. The Morgan fingerprint density at radius 2 is 1.56 bits per heavy atom. The van der Waals surface area contributed by atoms with Crippen molar-refractivity contribution in [3.63, 3.8) is 0 Å². The van der Waals surface area contributed by atoms with Crippen LogP contribution in [0.5, 0.6) is 0 Å². The van der Waals surface area contributed by atoms with Gasteiger partial charge >= 0.3 is 6.09 Å². The minimum atomic E-state index is -0.218. The number of nitrogens with one attached hydrogen (secondary N) is 1. The molecule has 0 saturated heterocycles. The number of ether oxygens (including phenoxy) is 1. The molecule has 0 aromatic heterocycles. The average Bonchev–Trinajstić information content (AvgIpc) is 3.39. The van der Waals surface area contributed by atoms with Gasteiger partial charge in [0.05, 0.1) is 33.7 Å². The number of allylic oxidation sites excluding steroid dienone is 1. The van der Waals surface area contributed by atoms with E-state index in [1.807, 2.05) is 0 Å². The van der Waals surface area contributed by atoms with Crippen molar-refractivity contribution in [1.82, 2.24) is 5.32 Å². The zero-order valence-corrected chi connectivity index (χ0v) is 32.8. The highest BCUT2D eigenvalue weighted by Crippen LogP contribution is 2.67. The van der Waals surface area contributed by atoms with Crippen LogP contribution in [0.15, 0.2) is 11.6 Å². The smallest absolute Gasteiger partial charge is 0.407 e. The second-order valence-corrected chi connectivity index (χ2v) is 18.8. The fourth-order valence-corrected chi connectivity index (χ4v) is 11.4. The molecule has 8 atom stereocenters. The third-order valence-corrected chi connectivity index (χ3v) is 14.4. The highest BCUT2D eigenvalue weighted by atomic mass is 16.6. The van der Waals surface area contributed by atoms with E-state index in [4.69, 9.17) is 9.84 Å². The van der Waals surface area contributed by atoms with E-state index in [1.165, 1.54) is 109 Å². The summed E-state index contributed by atoms with van der Waals surface area (Å²) in [6, 6.07) is 0. The second-order valence-electron chi connectivity index (χ2n) is 18.8. The summed E-state index contributed by atoms with van der Waals surface area (Å²) in [5.41, 5.74) is 2.43. The molecule has 0 aromatic carbocycles. The number of quaternary nitrogens is 1. The molecule has 0 bridgehead atoms. The normalized spacial score (nSPS) is 32.3. The van der Waals surface area contributed by atoms with Crippen LogP contribution >= 0.6 is 0 Å². The van der Waals surface area contributed by atoms with Crippen LogP contribution in [0, 0.1) is 46.3 Å². The van der Waals surface area contributed by atoms with Gasteiger partial charge in [0.2, 0.25) is 0 Å². The topological polar surface area (TPSA) is 58.6 Å². The van der Waals surface area contributed by atoms with Crippen LogP contribution < -0.4 is 5.32 Å². The fourth-order valence-electron chi connectivity index (χ4n) is 11.4. The zero-order valence-electron chi connectivity index (χ0n) is 32.8. The summed E-state index contributed by atoms with van der Waals surface area (Å²) in [6.07, 6.45) is 27.9. The highest BCUT2D eigenvalue weighted by molar-refractivity contribution is 5.67. The Labute approximate surface area is 297 Å². The van der Waals surface area contributed by atoms with Gasteiger partial charge in [-0.1, -0.05) is 104 Å². The van der Waals surface area contributed by atoms with E-state index in [1.54, 1.807) is 5.57 Å². The summed E-state index contributed by atoms with van der Waals surface area (Å²) in [7, 11) is 4.57. The zero-order chi connectivity index (χ0) is 34.8. The first-order chi connectivity index (χ1) is 22.9. The second kappa shape index (κ2) is 18.4. The van der Waals surface area contributed by atoms with Crippen LogP contribution in [0.1, 0.15) is 163 Å². The first-order valence-electron chi connectivity index (χ1n) is 21.0. The molecule has 278 valence electrons. The molecule has 0 unspecified atom stereocenters. The van der Waals surface area contributed by atoms with E-state index in [-0.39, 0.29) is 12.2 Å². The predicted molar refractivity (Wildman–Crippen MR) is 202 cm³/mol. The lowest BCUT2D eigenvalue weighted by molar-refractivity contribution is -0.889. The van der Waals surface area contributed by atoms with Gasteiger partial charge in [-0.2, -0.15) is 0 Å². The molecule has 48 heavy (non-hydrogen) atoms. The lowest BCUT2D eigenvalue weighted by atomic mass is 9.47. The van der Waals surface area contributed by atoms with Crippen molar-refractivity contribution in [2.24, 2.45) is 46.3 Å². The molecule has 2 N–H and O–H groups in total. The standard InChI is InChI=1S/C43H78N2O3/c1-33(2)18-17-19-34(3)38-22-23-39-37-21-20-35-32-36(24-26-42(35,4)40(37)25-27-43(38,39)5)48-41(47)44-28-30-45(6,7)29-15-13-11-9-8-10-12-14-16-31-46/h20,33-34,36-40,46H,8-19,21-32H2,1-7H3/p+1/t34-,36+,37+,38-,39+,40+,42+,43-/m1/s1. The van der Waals surface area contributed by atoms with Gasteiger partial charge in [0.25, 0.3) is 0 Å². The summed E-state index contributed by atoms with van der Waals surface area (Å²) < 4.78 is 7.01. The van der Waals surface area contributed by atoms with Gasteiger partial charge < -0.3 is 19.6 Å². The number of amides is 1. The number of aliphatic hydroxyl groups is 1. The first kappa shape index (κ1) is 39.7. The van der Waals surface area contributed by atoms with E-state index in [9.17, 15) is 4.79 Å². The number of carbonyl (C=O) groups is 1. The molecule has 0 heterocycles. The third kappa shape index (κ3) is 10.5. The fraction of sp³-hybridized carbons (Fsp3) is 0.930. The maximum atomic E-state index is 12.9. The molecule has 3 fully saturated rings. The predicted octanol–water partition coefficient (Wildman–Crippen LogP) is 10.7. The van der Waals surface area contributed by atoms with Crippen molar-refractivity contribution in [2.45, 2.75) is 169 Å². The Morgan fingerprint density at radius 1 is 0.875 bits per heavy atom. The minimum absolute atomic E-state index is 0.0226.